The summed E-state index contributed by atoms with van der Waals surface area (Å²) in [7, 11) is 5.84. The van der Waals surface area contributed by atoms with Crippen molar-refractivity contribution in [1.29, 1.82) is 0 Å². The number of carbonyl (C=O) groups is 1. The summed E-state index contributed by atoms with van der Waals surface area (Å²) in [6.07, 6.45) is 1.29. The third kappa shape index (κ3) is 7.32. The van der Waals surface area contributed by atoms with Crippen molar-refractivity contribution in [3.8, 4) is 5.75 Å². The van der Waals surface area contributed by atoms with E-state index < -0.39 is 0 Å². The van der Waals surface area contributed by atoms with Crippen LogP contribution in [0.25, 0.3) is 0 Å². The molecule has 0 saturated carbocycles. The van der Waals surface area contributed by atoms with Gasteiger partial charge in [-0.2, -0.15) is 0 Å². The lowest BCUT2D eigenvalue weighted by Gasteiger charge is -2.13. The fourth-order valence-electron chi connectivity index (χ4n) is 1.68. The van der Waals surface area contributed by atoms with Crippen molar-refractivity contribution in [2.45, 2.75) is 12.8 Å². The summed E-state index contributed by atoms with van der Waals surface area (Å²) in [5, 5.41) is 6.34. The minimum atomic E-state index is -0.0115. The number of nitrogens with one attached hydrogen (secondary N) is 2. The smallest absolute Gasteiger partial charge is 0.224 e. The predicted octanol–water partition coefficient (Wildman–Crippen LogP) is 2.22. The SMILES string of the molecule is CNCCCC(=O)Nc1ccc(OCCN(C)C)c(Cl)c1. The normalized spacial score (nSPS) is 10.7. The second-order valence-electron chi connectivity index (χ2n) is 5.05. The maximum Gasteiger partial charge on any atom is 0.224 e. The summed E-state index contributed by atoms with van der Waals surface area (Å²) in [4.78, 5) is 13.7. The molecular weight excluding hydrogens is 290 g/mol. The lowest BCUT2D eigenvalue weighted by molar-refractivity contribution is -0.116. The Bertz CT molecular complexity index is 453. The third-order valence-electron chi connectivity index (χ3n) is 2.84. The van der Waals surface area contributed by atoms with Crippen molar-refractivity contribution in [2.75, 3.05) is 46.2 Å². The molecule has 0 atom stereocenters. The van der Waals surface area contributed by atoms with Gasteiger partial charge < -0.3 is 20.3 Å². The first kappa shape index (κ1) is 17.8. The van der Waals surface area contributed by atoms with Crippen LogP contribution in [0.15, 0.2) is 18.2 Å². The number of anilines is 1. The molecular formula is C15H24ClN3O2. The van der Waals surface area contributed by atoms with E-state index in [4.69, 9.17) is 16.3 Å². The van der Waals surface area contributed by atoms with Crippen LogP contribution in [0.1, 0.15) is 12.8 Å². The Balaban J connectivity index is 2.47. The van der Waals surface area contributed by atoms with Gasteiger partial charge in [0.05, 0.1) is 5.02 Å². The zero-order valence-electron chi connectivity index (χ0n) is 12.9. The molecule has 21 heavy (non-hydrogen) atoms. The van der Waals surface area contributed by atoms with Gasteiger partial charge in [0.25, 0.3) is 0 Å². The van der Waals surface area contributed by atoms with Gasteiger partial charge in [-0.1, -0.05) is 11.6 Å². The Kier molecular flexibility index (Phi) is 8.12. The number of carbonyl (C=O) groups excluding carboxylic acids is 1. The average Bonchev–Trinajstić information content (AvgIpc) is 2.41. The van der Waals surface area contributed by atoms with E-state index in [0.29, 0.717) is 29.5 Å². The van der Waals surface area contributed by atoms with Gasteiger partial charge in [0.15, 0.2) is 0 Å². The molecule has 5 nitrogen and oxygen atoms in total. The molecule has 2 N–H and O–H groups in total. The lowest BCUT2D eigenvalue weighted by atomic mass is 10.2. The largest absolute Gasteiger partial charge is 0.491 e. The van der Waals surface area contributed by atoms with Crippen molar-refractivity contribution < 1.29 is 9.53 Å². The fraction of sp³-hybridized carbons (Fsp3) is 0.533. The van der Waals surface area contributed by atoms with Gasteiger partial charge in [-0.05, 0) is 52.3 Å². The van der Waals surface area contributed by atoms with Crippen LogP contribution in [0.2, 0.25) is 5.02 Å². The molecule has 118 valence electrons. The minimum Gasteiger partial charge on any atom is -0.491 e. The van der Waals surface area contributed by atoms with Crippen LogP contribution in [0, 0.1) is 0 Å². The Morgan fingerprint density at radius 2 is 2.14 bits per heavy atom. The average molecular weight is 314 g/mol. The van der Waals surface area contributed by atoms with E-state index in [2.05, 4.69) is 10.6 Å². The first-order valence-corrected chi connectivity index (χ1v) is 7.42. The van der Waals surface area contributed by atoms with E-state index >= 15 is 0 Å². The van der Waals surface area contributed by atoms with Crippen molar-refractivity contribution in [1.82, 2.24) is 10.2 Å². The van der Waals surface area contributed by atoms with Crippen molar-refractivity contribution in [3.63, 3.8) is 0 Å². The zero-order valence-corrected chi connectivity index (χ0v) is 13.7. The first-order chi connectivity index (χ1) is 10.0. The molecule has 0 unspecified atom stereocenters. The molecule has 0 aromatic heterocycles. The topological polar surface area (TPSA) is 53.6 Å². The molecule has 6 heteroatoms. The lowest BCUT2D eigenvalue weighted by Crippen LogP contribution is -2.19. The number of hydrogen-bond donors (Lipinski definition) is 2. The summed E-state index contributed by atoms with van der Waals surface area (Å²) < 4.78 is 5.59. The Hall–Kier alpha value is -1.30. The van der Waals surface area contributed by atoms with Crippen molar-refractivity contribution in [2.24, 2.45) is 0 Å². The highest BCUT2D eigenvalue weighted by Crippen LogP contribution is 2.27. The van der Waals surface area contributed by atoms with E-state index in [9.17, 15) is 4.79 Å². The second kappa shape index (κ2) is 9.60. The maximum atomic E-state index is 11.7. The molecule has 1 aromatic rings. The summed E-state index contributed by atoms with van der Waals surface area (Å²) in [6, 6.07) is 5.29. The number of rotatable bonds is 9. The van der Waals surface area contributed by atoms with Crippen LogP contribution < -0.4 is 15.4 Å². The summed E-state index contributed by atoms with van der Waals surface area (Å²) >= 11 is 6.16. The Morgan fingerprint density at radius 3 is 2.76 bits per heavy atom. The van der Waals surface area contributed by atoms with Crippen LogP contribution in [0.5, 0.6) is 5.75 Å². The third-order valence-corrected chi connectivity index (χ3v) is 3.14. The molecule has 1 rings (SSSR count). The number of nitrogens with zero attached hydrogens (tertiary/aromatic N) is 1. The van der Waals surface area contributed by atoms with E-state index in [1.165, 1.54) is 0 Å². The standard InChI is InChI=1S/C15H24ClN3O2/c1-17-8-4-5-15(20)18-12-6-7-14(13(16)11-12)21-10-9-19(2)3/h6-7,11,17H,4-5,8-10H2,1-3H3,(H,18,20). The number of likely N-dealkylation sites (N-methyl/N-ethyl adjacent to an activating group) is 1. The highest BCUT2D eigenvalue weighted by molar-refractivity contribution is 6.32. The van der Waals surface area contributed by atoms with E-state index in [1.54, 1.807) is 18.2 Å². The maximum absolute atomic E-state index is 11.7. The van der Waals surface area contributed by atoms with Gasteiger partial charge in [0.2, 0.25) is 5.91 Å². The fourth-order valence-corrected chi connectivity index (χ4v) is 1.92. The van der Waals surface area contributed by atoms with E-state index in [-0.39, 0.29) is 5.91 Å². The molecule has 0 bridgehead atoms. The number of benzene rings is 1. The van der Waals surface area contributed by atoms with E-state index in [0.717, 1.165) is 19.5 Å². The summed E-state index contributed by atoms with van der Waals surface area (Å²) in [5.74, 6) is 0.620. The molecule has 0 aliphatic rings. The van der Waals surface area contributed by atoms with Crippen molar-refractivity contribution >= 4 is 23.2 Å². The van der Waals surface area contributed by atoms with Crippen molar-refractivity contribution in [3.05, 3.63) is 23.2 Å². The monoisotopic (exact) mass is 313 g/mol. The number of hydrogen-bond acceptors (Lipinski definition) is 4. The number of halogens is 1. The van der Waals surface area contributed by atoms with Crippen LogP contribution in [0.3, 0.4) is 0 Å². The van der Waals surface area contributed by atoms with Gasteiger partial charge in [-0.25, -0.2) is 0 Å². The summed E-state index contributed by atoms with van der Waals surface area (Å²) in [6.45, 7) is 2.22. The highest BCUT2D eigenvalue weighted by Gasteiger charge is 2.06. The van der Waals surface area contributed by atoms with Crippen LogP contribution in [-0.2, 0) is 4.79 Å². The molecule has 0 saturated heterocycles. The van der Waals surface area contributed by atoms with Gasteiger partial charge in [-0.15, -0.1) is 0 Å². The van der Waals surface area contributed by atoms with E-state index in [1.807, 2.05) is 26.0 Å². The zero-order chi connectivity index (χ0) is 15.7. The molecule has 0 aliphatic carbocycles. The van der Waals surface area contributed by atoms with Gasteiger partial charge in [0.1, 0.15) is 12.4 Å². The van der Waals surface area contributed by atoms with Crippen LogP contribution in [0.4, 0.5) is 5.69 Å². The molecule has 0 fully saturated rings. The van der Waals surface area contributed by atoms with Crippen LogP contribution in [-0.4, -0.2) is 51.6 Å². The molecule has 0 heterocycles. The van der Waals surface area contributed by atoms with Crippen LogP contribution >= 0.6 is 11.6 Å². The Morgan fingerprint density at radius 1 is 1.38 bits per heavy atom. The second-order valence-corrected chi connectivity index (χ2v) is 5.46. The molecule has 0 aliphatic heterocycles. The molecule has 0 spiro atoms. The summed E-state index contributed by atoms with van der Waals surface area (Å²) in [5.41, 5.74) is 0.689. The number of amides is 1. The Labute approximate surface area is 131 Å². The predicted molar refractivity (Wildman–Crippen MR) is 87.3 cm³/mol. The quantitative estimate of drug-likeness (QED) is 0.686. The molecule has 1 aromatic carbocycles. The van der Waals surface area contributed by atoms with Gasteiger partial charge >= 0.3 is 0 Å². The number of ether oxygens (including phenoxy) is 1. The molecule has 0 radical (unpaired) electrons. The molecule has 1 amide bonds. The first-order valence-electron chi connectivity index (χ1n) is 7.04. The highest BCUT2D eigenvalue weighted by atomic mass is 35.5. The van der Waals surface area contributed by atoms with Gasteiger partial charge in [-0.3, -0.25) is 4.79 Å². The minimum absolute atomic E-state index is 0.0115. The van der Waals surface area contributed by atoms with Gasteiger partial charge in [0, 0.05) is 18.7 Å².